The Balaban J connectivity index is 1.45. The largest absolute Gasteiger partial charge is 0.456 e. The van der Waals surface area contributed by atoms with Crippen LogP contribution in [0.25, 0.3) is 0 Å². The number of aliphatic hydroxyl groups is 3. The first-order chi connectivity index (χ1) is 18.2. The van der Waals surface area contributed by atoms with Crippen LogP contribution in [0, 0.1) is 28.6 Å². The molecule has 5 aliphatic heterocycles. The van der Waals surface area contributed by atoms with Crippen LogP contribution in [0.3, 0.4) is 0 Å². The second-order valence-corrected chi connectivity index (χ2v) is 13.4. The van der Waals surface area contributed by atoms with Crippen LogP contribution in [0.1, 0.15) is 46.5 Å². The summed E-state index contributed by atoms with van der Waals surface area (Å²) in [5, 5.41) is 35.6. The van der Waals surface area contributed by atoms with E-state index >= 15 is 0 Å². The van der Waals surface area contributed by atoms with Crippen molar-refractivity contribution in [3.05, 3.63) is 23.8 Å². The molecule has 0 amide bonds. The Kier molecular flexibility index (Phi) is 3.99. The maximum Gasteiger partial charge on any atom is 0.342 e. The number of esters is 2. The van der Waals surface area contributed by atoms with Gasteiger partial charge < -0.3 is 34.3 Å². The Labute approximate surface area is 223 Å². The highest BCUT2D eigenvalue weighted by atomic mass is 16.8. The molecule has 5 heterocycles. The minimum Gasteiger partial charge on any atom is -0.456 e. The third-order valence-electron chi connectivity index (χ3n) is 12.2. The van der Waals surface area contributed by atoms with Crippen molar-refractivity contribution in [2.75, 3.05) is 6.61 Å². The average molecular weight is 543 g/mol. The fourth-order valence-corrected chi connectivity index (χ4v) is 10.1. The lowest BCUT2D eigenvalue weighted by Gasteiger charge is -2.64. The number of ether oxygens (including phenoxy) is 4. The number of aliphatic hydroxyl groups excluding tert-OH is 1. The Morgan fingerprint density at radius 3 is 2.49 bits per heavy atom. The number of Topliss-reactive ketones (excluding diaryl/α,β-unsaturated/α-hetero) is 1. The van der Waals surface area contributed by atoms with E-state index in [-0.39, 0.29) is 31.5 Å². The van der Waals surface area contributed by atoms with Crippen molar-refractivity contribution in [1.82, 2.24) is 0 Å². The summed E-state index contributed by atoms with van der Waals surface area (Å²) in [7, 11) is 0. The molecule has 5 bridgehead atoms. The van der Waals surface area contributed by atoms with E-state index in [1.54, 1.807) is 26.0 Å². The highest BCUT2D eigenvalue weighted by molar-refractivity contribution is 6.02. The molecule has 8 aliphatic rings. The molecule has 11 nitrogen and oxygen atoms in total. The van der Waals surface area contributed by atoms with Gasteiger partial charge in [0.05, 0.1) is 24.0 Å². The van der Waals surface area contributed by atoms with Crippen molar-refractivity contribution in [3.8, 4) is 0 Å². The van der Waals surface area contributed by atoms with E-state index in [9.17, 15) is 34.5 Å². The molecule has 8 rings (SSSR count). The van der Waals surface area contributed by atoms with Crippen molar-refractivity contribution in [3.63, 3.8) is 0 Å². The number of fused-ring (bicyclic) bond motifs is 5. The van der Waals surface area contributed by atoms with Gasteiger partial charge in [-0.15, -0.1) is 0 Å². The molecular weight excluding hydrogens is 512 g/mol. The van der Waals surface area contributed by atoms with Crippen LogP contribution in [-0.2, 0) is 38.1 Å². The Hall–Kier alpha value is -2.44. The van der Waals surface area contributed by atoms with Crippen molar-refractivity contribution >= 4 is 23.5 Å². The predicted molar refractivity (Wildman–Crippen MR) is 125 cm³/mol. The van der Waals surface area contributed by atoms with Gasteiger partial charge in [-0.05, 0) is 57.1 Å². The number of allylic oxidation sites excluding steroid dienone is 3. The van der Waals surface area contributed by atoms with E-state index in [1.807, 2.05) is 0 Å². The van der Waals surface area contributed by atoms with E-state index in [4.69, 9.17) is 18.9 Å². The van der Waals surface area contributed by atoms with Gasteiger partial charge in [-0.3, -0.25) is 9.59 Å². The van der Waals surface area contributed by atoms with E-state index < -0.39 is 93.3 Å². The molecule has 11 heteroatoms. The SMILES string of the molecule is C[C@]12C(=O)C=CC=C1[C@H](O)C[C@@H]1[C@@H]2CC[C@]2(O)C(=O)O[C@@]3(C)[C@H]4C[C@@]5(C)[C@@H]6C(=O)[C@@]1(OC[C@@]5(O)C(=O)O4)O[C@@]632. The number of ketones is 2. The van der Waals surface area contributed by atoms with Gasteiger partial charge in [0, 0.05) is 11.3 Å². The van der Waals surface area contributed by atoms with Gasteiger partial charge in [0.2, 0.25) is 5.79 Å². The molecule has 3 aliphatic carbocycles. The smallest absolute Gasteiger partial charge is 0.342 e. The summed E-state index contributed by atoms with van der Waals surface area (Å²) >= 11 is 0. The van der Waals surface area contributed by atoms with Gasteiger partial charge in [-0.1, -0.05) is 19.1 Å². The lowest BCUT2D eigenvalue weighted by atomic mass is 9.45. The second kappa shape index (κ2) is 6.38. The molecule has 0 aromatic rings. The minimum atomic E-state index is -2.37. The number of rotatable bonds is 0. The summed E-state index contributed by atoms with van der Waals surface area (Å²) in [6, 6.07) is 0. The minimum absolute atomic E-state index is 0.00524. The molecule has 0 radical (unpaired) electrons. The summed E-state index contributed by atoms with van der Waals surface area (Å²) in [5.41, 5.74) is -10.8. The van der Waals surface area contributed by atoms with E-state index in [2.05, 4.69) is 0 Å². The van der Waals surface area contributed by atoms with Gasteiger partial charge in [-0.25, -0.2) is 9.59 Å². The molecular formula is C28H30O11. The van der Waals surface area contributed by atoms with Gasteiger partial charge >= 0.3 is 11.9 Å². The van der Waals surface area contributed by atoms with E-state index in [0.717, 1.165) is 0 Å². The van der Waals surface area contributed by atoms with Crippen LogP contribution in [0.2, 0.25) is 0 Å². The first-order valence-corrected chi connectivity index (χ1v) is 13.6. The van der Waals surface area contributed by atoms with E-state index in [1.165, 1.54) is 13.0 Å². The van der Waals surface area contributed by atoms with Gasteiger partial charge in [-0.2, -0.15) is 0 Å². The second-order valence-electron chi connectivity index (χ2n) is 13.4. The van der Waals surface area contributed by atoms with Crippen LogP contribution < -0.4 is 0 Å². The lowest BCUT2D eigenvalue weighted by Crippen LogP contribution is -2.82. The number of hydrogen-bond acceptors (Lipinski definition) is 11. The average Bonchev–Trinajstić information content (AvgIpc) is 3.22. The normalized spacial score (nSPS) is 59.9. The molecule has 0 aromatic heterocycles. The third kappa shape index (κ3) is 2.06. The zero-order valence-electron chi connectivity index (χ0n) is 21.8. The van der Waals surface area contributed by atoms with Crippen LogP contribution in [0.4, 0.5) is 0 Å². The summed E-state index contributed by atoms with van der Waals surface area (Å²) in [6.45, 7) is 4.13. The molecule has 2 saturated carbocycles. The first kappa shape index (κ1) is 24.4. The molecule has 2 spiro atoms. The van der Waals surface area contributed by atoms with Gasteiger partial charge in [0.1, 0.15) is 6.10 Å². The molecule has 12 atom stereocenters. The highest BCUT2D eigenvalue weighted by Crippen LogP contribution is 2.75. The molecule has 7 fully saturated rings. The van der Waals surface area contributed by atoms with Crippen LogP contribution in [0.15, 0.2) is 23.8 Å². The quantitative estimate of drug-likeness (QED) is 0.342. The van der Waals surface area contributed by atoms with Crippen molar-refractivity contribution in [2.45, 2.75) is 86.9 Å². The van der Waals surface area contributed by atoms with Crippen molar-refractivity contribution in [1.29, 1.82) is 0 Å². The lowest BCUT2D eigenvalue weighted by molar-refractivity contribution is -0.391. The van der Waals surface area contributed by atoms with Crippen molar-refractivity contribution in [2.24, 2.45) is 28.6 Å². The van der Waals surface area contributed by atoms with Crippen LogP contribution in [-0.4, -0.2) is 85.8 Å². The monoisotopic (exact) mass is 542 g/mol. The maximum atomic E-state index is 14.9. The van der Waals surface area contributed by atoms with Crippen LogP contribution >= 0.6 is 0 Å². The molecule has 0 aromatic carbocycles. The predicted octanol–water partition coefficient (Wildman–Crippen LogP) is -0.357. The molecule has 39 heavy (non-hydrogen) atoms. The first-order valence-electron chi connectivity index (χ1n) is 13.6. The Morgan fingerprint density at radius 1 is 1.00 bits per heavy atom. The zero-order chi connectivity index (χ0) is 27.8. The number of carbonyl (C=O) groups is 4. The fraction of sp³-hybridized carbons (Fsp3) is 0.714. The van der Waals surface area contributed by atoms with Gasteiger partial charge in [0.25, 0.3) is 0 Å². The summed E-state index contributed by atoms with van der Waals surface area (Å²) in [5.74, 6) is -8.08. The third-order valence-corrected chi connectivity index (χ3v) is 12.2. The standard InChI is InChI=1S/C28H30O11/c1-22-10-17-24(3)28-18(22)19(31)27(39-28,36-11-26(22,35)20(32)37-17)14-9-15(29)13-5-4-6-16(30)23(13,2)12(14)7-8-25(28,34)21(33)38-24/h4-6,12,14-15,17-18,29,34-35H,7-11H2,1-3H3/t12-,14+,15+,17+,18-,22-,23+,24-,25-,26+,27-,28-/m0/s1. The van der Waals surface area contributed by atoms with Crippen LogP contribution in [0.5, 0.6) is 0 Å². The number of hydrogen-bond donors (Lipinski definition) is 3. The van der Waals surface area contributed by atoms with E-state index in [0.29, 0.717) is 5.57 Å². The number of carbonyl (C=O) groups excluding carboxylic acids is 4. The summed E-state index contributed by atoms with van der Waals surface area (Å²) in [6.07, 6.45) is 2.34. The molecule has 0 unspecified atom stereocenters. The molecule has 5 saturated heterocycles. The molecule has 208 valence electrons. The zero-order valence-corrected chi connectivity index (χ0v) is 21.8. The Bertz CT molecular complexity index is 1380. The van der Waals surface area contributed by atoms with Crippen molar-refractivity contribution < 1.29 is 53.4 Å². The maximum absolute atomic E-state index is 14.9. The highest BCUT2D eigenvalue weighted by Gasteiger charge is 2.95. The summed E-state index contributed by atoms with van der Waals surface area (Å²) in [4.78, 5) is 55.5. The Morgan fingerprint density at radius 2 is 1.74 bits per heavy atom. The molecule has 3 N–H and O–H groups in total. The van der Waals surface area contributed by atoms with Gasteiger partial charge in [0.15, 0.2) is 34.0 Å². The fourth-order valence-electron chi connectivity index (χ4n) is 10.1. The summed E-state index contributed by atoms with van der Waals surface area (Å²) < 4.78 is 24.6. The topological polar surface area (TPSA) is 166 Å².